The summed E-state index contributed by atoms with van der Waals surface area (Å²) in [6.07, 6.45) is -1.09. The number of carboxylic acid groups (broad SMARTS) is 1. The molecule has 0 aromatic heterocycles. The second kappa shape index (κ2) is 23.2. The number of aliphatic carboxylic acids is 1. The first-order valence-corrected chi connectivity index (χ1v) is 16.6. The maximum absolute atomic E-state index is 13.4. The van der Waals surface area contributed by atoms with Crippen LogP contribution in [-0.4, -0.2) is 130 Å². The minimum atomic E-state index is -1.63. The highest BCUT2D eigenvalue weighted by atomic mass is 32.1. The number of aliphatic imine (C=N–C) groups is 1. The molecule has 286 valence electrons. The van der Waals surface area contributed by atoms with Gasteiger partial charge >= 0.3 is 5.97 Å². The molecular weight excluding hydrogens is 680 g/mol. The van der Waals surface area contributed by atoms with Crippen LogP contribution in [-0.2, 0) is 33.6 Å². The number of aliphatic hydroxyl groups is 2. The van der Waals surface area contributed by atoms with Crippen LogP contribution < -0.4 is 49.1 Å². The summed E-state index contributed by atoms with van der Waals surface area (Å²) in [5.41, 5.74) is 16.1. The van der Waals surface area contributed by atoms with Crippen LogP contribution in [0.1, 0.15) is 53.9 Å². The number of hydrogen-bond donors (Lipinski definition) is 13. The van der Waals surface area contributed by atoms with Gasteiger partial charge in [0, 0.05) is 12.3 Å². The van der Waals surface area contributed by atoms with Crippen LogP contribution in [0.25, 0.3) is 0 Å². The molecule has 15 N–H and O–H groups in total. The Labute approximate surface area is 296 Å². The summed E-state index contributed by atoms with van der Waals surface area (Å²) < 4.78 is 0. The Bertz CT molecular complexity index is 1200. The first-order valence-electron chi connectivity index (χ1n) is 16.0. The van der Waals surface area contributed by atoms with Crippen molar-refractivity contribution in [2.75, 3.05) is 25.4 Å². The van der Waals surface area contributed by atoms with Gasteiger partial charge in [0.2, 0.25) is 35.4 Å². The standard InChI is InChI=1S/C29H54N10O10S/c1-13(2)9-18(25(45)38-21(14(3)4)27(47)39-22(15(5)41)28(48)49)36-26(46)19(12-50)37-24(44)17(7-6-8-33-29(31)32)35-20(42)10-34-23(43)16(30)11-40/h13-19,21-22,40-41,50H,6-12,30H2,1-5H3,(H,34,43)(H,35,42)(H,36,46)(H,37,44)(H,38,45)(H,39,47)(H,48,49)(H4,31,32,33)/t15-,16+,17+,18+,19+,21+,22+/m1/s1. The van der Waals surface area contributed by atoms with Gasteiger partial charge in [0.05, 0.1) is 19.3 Å². The van der Waals surface area contributed by atoms with E-state index in [2.05, 4.69) is 49.5 Å². The fourth-order valence-corrected chi connectivity index (χ4v) is 4.52. The number of nitrogens with two attached hydrogens (primary N) is 3. The number of carboxylic acids is 1. The van der Waals surface area contributed by atoms with Crippen LogP contribution in [0.4, 0.5) is 0 Å². The molecule has 0 fully saturated rings. The zero-order valence-electron chi connectivity index (χ0n) is 29.0. The Morgan fingerprint density at radius 1 is 0.760 bits per heavy atom. The lowest BCUT2D eigenvalue weighted by atomic mass is 9.99. The highest BCUT2D eigenvalue weighted by Gasteiger charge is 2.34. The van der Waals surface area contributed by atoms with Crippen molar-refractivity contribution in [2.24, 2.45) is 34.0 Å². The Morgan fingerprint density at radius 2 is 1.30 bits per heavy atom. The zero-order chi connectivity index (χ0) is 38.7. The lowest BCUT2D eigenvalue weighted by molar-refractivity contribution is -0.145. The molecule has 20 nitrogen and oxygen atoms in total. The first kappa shape index (κ1) is 45.8. The molecule has 0 rings (SSSR count). The lowest BCUT2D eigenvalue weighted by Crippen LogP contribution is -2.61. The molecule has 0 unspecified atom stereocenters. The van der Waals surface area contributed by atoms with Gasteiger partial charge in [0.1, 0.15) is 30.2 Å². The highest BCUT2D eigenvalue weighted by molar-refractivity contribution is 7.80. The molecule has 0 saturated heterocycles. The maximum Gasteiger partial charge on any atom is 0.328 e. The van der Waals surface area contributed by atoms with Crippen molar-refractivity contribution in [3.05, 3.63) is 0 Å². The number of amides is 6. The number of hydrogen-bond acceptors (Lipinski definition) is 12. The summed E-state index contributed by atoms with van der Waals surface area (Å²) in [6.45, 7) is 6.85. The van der Waals surface area contributed by atoms with E-state index in [0.717, 1.165) is 0 Å². The molecule has 0 aromatic rings. The molecule has 0 saturated carbocycles. The van der Waals surface area contributed by atoms with E-state index >= 15 is 0 Å². The molecule has 50 heavy (non-hydrogen) atoms. The molecule has 21 heteroatoms. The van der Waals surface area contributed by atoms with E-state index in [9.17, 15) is 43.8 Å². The van der Waals surface area contributed by atoms with Crippen molar-refractivity contribution in [3.8, 4) is 0 Å². The zero-order valence-corrected chi connectivity index (χ0v) is 29.9. The smallest absolute Gasteiger partial charge is 0.328 e. The predicted molar refractivity (Wildman–Crippen MR) is 185 cm³/mol. The number of rotatable bonds is 23. The van der Waals surface area contributed by atoms with Crippen molar-refractivity contribution >= 4 is 60.0 Å². The van der Waals surface area contributed by atoms with Crippen LogP contribution in [0.5, 0.6) is 0 Å². The van der Waals surface area contributed by atoms with E-state index in [1.165, 1.54) is 6.92 Å². The van der Waals surface area contributed by atoms with E-state index in [-0.39, 0.29) is 43.4 Å². The van der Waals surface area contributed by atoms with Gasteiger partial charge in [-0.15, -0.1) is 0 Å². The molecule has 7 atom stereocenters. The molecule has 0 aliphatic heterocycles. The lowest BCUT2D eigenvalue weighted by Gasteiger charge is -2.28. The van der Waals surface area contributed by atoms with Crippen molar-refractivity contribution in [1.29, 1.82) is 0 Å². The topological polar surface area (TPSA) is 343 Å². The molecule has 0 aliphatic carbocycles. The van der Waals surface area contributed by atoms with Crippen LogP contribution >= 0.6 is 12.6 Å². The molecule has 0 aromatic carbocycles. The fourth-order valence-electron chi connectivity index (χ4n) is 4.26. The summed E-state index contributed by atoms with van der Waals surface area (Å²) >= 11 is 4.17. The summed E-state index contributed by atoms with van der Waals surface area (Å²) in [5, 5.41) is 42.6. The van der Waals surface area contributed by atoms with Crippen LogP contribution in [0, 0.1) is 11.8 Å². The van der Waals surface area contributed by atoms with Gasteiger partial charge in [-0.2, -0.15) is 12.6 Å². The Morgan fingerprint density at radius 3 is 1.78 bits per heavy atom. The average molecular weight is 735 g/mol. The number of guanidine groups is 1. The third-order valence-corrected chi connectivity index (χ3v) is 7.37. The SMILES string of the molecule is CC(C)C[C@H](NC(=O)[C@H](CS)NC(=O)[C@H](CCCN=C(N)N)NC(=O)CNC(=O)[C@@H](N)CO)C(=O)N[C@H](C(=O)N[C@H](C(=O)O)[C@@H](C)O)C(C)C. The molecule has 0 spiro atoms. The number of carbonyl (C=O) groups is 7. The minimum absolute atomic E-state index is 0.00813. The van der Waals surface area contributed by atoms with Crippen LogP contribution in [0.2, 0.25) is 0 Å². The van der Waals surface area contributed by atoms with Crippen molar-refractivity contribution in [1.82, 2.24) is 31.9 Å². The third-order valence-electron chi connectivity index (χ3n) is 7.00. The normalized spacial score (nSPS) is 15.3. The van der Waals surface area contributed by atoms with E-state index in [0.29, 0.717) is 0 Å². The predicted octanol–water partition coefficient (Wildman–Crippen LogP) is -5.00. The molecule has 0 heterocycles. The largest absolute Gasteiger partial charge is 0.480 e. The minimum Gasteiger partial charge on any atom is -0.480 e. The number of carbonyl (C=O) groups excluding carboxylic acids is 6. The van der Waals surface area contributed by atoms with Gasteiger partial charge in [-0.25, -0.2) is 4.79 Å². The number of nitrogens with one attached hydrogen (secondary N) is 6. The molecule has 0 aliphatic rings. The van der Waals surface area contributed by atoms with Crippen molar-refractivity contribution in [2.45, 2.75) is 96.2 Å². The summed E-state index contributed by atoms with van der Waals surface area (Å²) in [4.78, 5) is 92.7. The fraction of sp³-hybridized carbons (Fsp3) is 0.724. The Balaban J connectivity index is 5.89. The molecule has 0 bridgehead atoms. The van der Waals surface area contributed by atoms with Gasteiger partial charge in [-0.3, -0.25) is 33.8 Å². The van der Waals surface area contributed by atoms with E-state index in [1.54, 1.807) is 27.7 Å². The second-order valence-corrected chi connectivity index (χ2v) is 12.7. The number of thiol groups is 1. The van der Waals surface area contributed by atoms with Gasteiger partial charge in [-0.1, -0.05) is 27.7 Å². The Hall–Kier alpha value is -4.21. The average Bonchev–Trinajstić information content (AvgIpc) is 3.02. The number of aliphatic hydroxyl groups excluding tert-OH is 2. The van der Waals surface area contributed by atoms with Crippen LogP contribution in [0.3, 0.4) is 0 Å². The Kier molecular flexibility index (Phi) is 21.3. The van der Waals surface area contributed by atoms with E-state index in [1.807, 2.05) is 0 Å². The van der Waals surface area contributed by atoms with E-state index in [4.69, 9.17) is 22.3 Å². The van der Waals surface area contributed by atoms with Crippen LogP contribution in [0.15, 0.2) is 4.99 Å². The summed E-state index contributed by atoms with van der Waals surface area (Å²) in [6, 6.07) is -7.86. The quantitative estimate of drug-likeness (QED) is 0.0203. The van der Waals surface area contributed by atoms with Gasteiger partial charge in [0.25, 0.3) is 0 Å². The molecule has 6 amide bonds. The molecule has 0 radical (unpaired) electrons. The molecular formula is C29H54N10O10S. The monoisotopic (exact) mass is 734 g/mol. The van der Waals surface area contributed by atoms with Crippen molar-refractivity contribution < 1.29 is 48.9 Å². The first-order chi connectivity index (χ1) is 23.2. The van der Waals surface area contributed by atoms with Gasteiger partial charge < -0.3 is 64.4 Å². The van der Waals surface area contributed by atoms with E-state index < -0.39 is 103 Å². The maximum atomic E-state index is 13.4. The third kappa shape index (κ3) is 17.4. The summed E-state index contributed by atoms with van der Waals surface area (Å²) in [7, 11) is 0. The van der Waals surface area contributed by atoms with Gasteiger partial charge in [-0.05, 0) is 38.0 Å². The van der Waals surface area contributed by atoms with Gasteiger partial charge in [0.15, 0.2) is 12.0 Å². The number of nitrogens with zero attached hydrogens (tertiary/aromatic N) is 1. The summed E-state index contributed by atoms with van der Waals surface area (Å²) in [5.74, 6) is -7.37. The highest BCUT2D eigenvalue weighted by Crippen LogP contribution is 2.10. The second-order valence-electron chi connectivity index (χ2n) is 12.3. The van der Waals surface area contributed by atoms with Crippen molar-refractivity contribution in [3.63, 3.8) is 0 Å².